The largest absolute Gasteiger partial charge is 0.496 e. The number of aromatic nitrogens is 2. The molecule has 0 atom stereocenters. The molecule has 1 heterocycles. The zero-order valence-corrected chi connectivity index (χ0v) is 20.5. The molecule has 0 aliphatic heterocycles. The van der Waals surface area contributed by atoms with E-state index in [4.69, 9.17) is 14.9 Å². The van der Waals surface area contributed by atoms with E-state index in [2.05, 4.69) is 22.1 Å². The van der Waals surface area contributed by atoms with Gasteiger partial charge in [-0.15, -0.1) is 5.10 Å². The fraction of sp³-hybridized carbons (Fsp3) is 0.360. The minimum atomic E-state index is -0.581. The predicted octanol–water partition coefficient (Wildman–Crippen LogP) is 4.79. The lowest BCUT2D eigenvalue weighted by molar-refractivity contribution is -0.112. The summed E-state index contributed by atoms with van der Waals surface area (Å²) in [7, 11) is 1.41. The molecular formula is C25H29FN4O4S. The number of hydrogen-bond acceptors (Lipinski definition) is 8. The summed E-state index contributed by atoms with van der Waals surface area (Å²) in [6.45, 7) is 6.11. The fourth-order valence-corrected chi connectivity index (χ4v) is 4.26. The molecule has 1 aliphatic carbocycles. The normalized spacial score (nSPS) is 18.6. The summed E-state index contributed by atoms with van der Waals surface area (Å²) < 4.78 is 25.7. The number of benzene rings is 1. The third kappa shape index (κ3) is 7.06. The number of aliphatic hydroxyl groups is 1. The number of ether oxygens (including phenoxy) is 2. The van der Waals surface area contributed by atoms with Gasteiger partial charge in [0.1, 0.15) is 11.6 Å². The molecule has 1 saturated carbocycles. The van der Waals surface area contributed by atoms with Crippen molar-refractivity contribution in [3.8, 4) is 10.9 Å². The number of carbonyl (C=O) groups is 1. The Balaban J connectivity index is 1.76. The molecular weight excluding hydrogens is 471 g/mol. The van der Waals surface area contributed by atoms with Crippen LogP contribution in [0.3, 0.4) is 0 Å². The van der Waals surface area contributed by atoms with Crippen molar-refractivity contribution in [3.05, 3.63) is 59.5 Å². The lowest BCUT2D eigenvalue weighted by atomic mass is 9.88. The van der Waals surface area contributed by atoms with E-state index in [9.17, 15) is 14.3 Å². The number of aliphatic hydroxyl groups excluding tert-OH is 1. The Morgan fingerprint density at radius 3 is 2.74 bits per heavy atom. The minimum Gasteiger partial charge on any atom is -0.496 e. The summed E-state index contributed by atoms with van der Waals surface area (Å²) in [6, 6.07) is 4.35. The first-order chi connectivity index (χ1) is 16.8. The molecule has 1 aromatic heterocycles. The summed E-state index contributed by atoms with van der Waals surface area (Å²) in [4.78, 5) is 13.2. The van der Waals surface area contributed by atoms with Crippen LogP contribution in [0.2, 0.25) is 0 Å². The number of carbonyl (C=O) groups excluding carboxylic acids is 1. The molecule has 0 spiro atoms. The molecule has 2 aromatic rings. The molecule has 0 radical (unpaired) electrons. The molecule has 186 valence electrons. The second-order valence-electron chi connectivity index (χ2n) is 8.24. The number of hydrogen-bond donors (Lipinski definition) is 3. The van der Waals surface area contributed by atoms with Crippen LogP contribution >= 0.6 is 11.3 Å². The van der Waals surface area contributed by atoms with Crippen LogP contribution in [-0.4, -0.2) is 47.2 Å². The minimum absolute atomic E-state index is 0.0659. The maximum atomic E-state index is 14.7. The lowest BCUT2D eigenvalue weighted by Gasteiger charge is -2.24. The number of anilines is 1. The van der Waals surface area contributed by atoms with Gasteiger partial charge in [-0.05, 0) is 79.2 Å². The van der Waals surface area contributed by atoms with Crippen molar-refractivity contribution in [3.63, 3.8) is 0 Å². The standard InChI is InChI=1S/C25H29FN4O4S/c1-15(13-27)7-12-19(16(2)22-20(26)5-4-6-21(22)33-3)23(32)28-24-29-30-25(35-24)34-14-17-8-10-18(31)11-9-17/h4-7,12-13,17-18,27,31H,2,8-11,14H2,1,3H3,(H,28,29,32)/b15-7?,19-12+,27-13?. The molecule has 1 aliphatic rings. The van der Waals surface area contributed by atoms with Gasteiger partial charge in [-0.3, -0.25) is 10.1 Å². The van der Waals surface area contributed by atoms with Crippen molar-refractivity contribution >= 4 is 34.2 Å². The van der Waals surface area contributed by atoms with Crippen molar-refractivity contribution in [2.45, 2.75) is 38.7 Å². The molecule has 0 bridgehead atoms. The van der Waals surface area contributed by atoms with Crippen molar-refractivity contribution < 1.29 is 23.8 Å². The number of amides is 1. The average Bonchev–Trinajstić information content (AvgIpc) is 3.30. The van der Waals surface area contributed by atoms with Crippen LogP contribution in [0.15, 0.2) is 48.1 Å². The Morgan fingerprint density at radius 1 is 1.31 bits per heavy atom. The highest BCUT2D eigenvalue weighted by atomic mass is 32.1. The van der Waals surface area contributed by atoms with E-state index in [1.807, 2.05) is 0 Å². The predicted molar refractivity (Wildman–Crippen MR) is 135 cm³/mol. The molecule has 3 N–H and O–H groups in total. The van der Waals surface area contributed by atoms with E-state index < -0.39 is 11.7 Å². The van der Waals surface area contributed by atoms with Gasteiger partial charge in [0.2, 0.25) is 5.13 Å². The number of rotatable bonds is 10. The average molecular weight is 501 g/mol. The lowest BCUT2D eigenvalue weighted by Crippen LogP contribution is -2.22. The first kappa shape index (κ1) is 26.2. The van der Waals surface area contributed by atoms with E-state index in [1.54, 1.807) is 19.1 Å². The van der Waals surface area contributed by atoms with Gasteiger partial charge in [-0.25, -0.2) is 4.39 Å². The smallest absolute Gasteiger partial charge is 0.295 e. The number of allylic oxidation sites excluding steroid dienone is 3. The SMILES string of the molecule is C=C(/C(=C\C=C(C)C=N)C(=O)Nc1nnc(OCC2CCC(O)CC2)s1)c1c(F)cccc1OC. The van der Waals surface area contributed by atoms with Crippen LogP contribution in [0.1, 0.15) is 38.2 Å². The molecule has 0 saturated heterocycles. The summed E-state index contributed by atoms with van der Waals surface area (Å²) in [5, 5.41) is 28.2. The van der Waals surface area contributed by atoms with Gasteiger partial charge in [0.25, 0.3) is 11.1 Å². The fourth-order valence-electron chi connectivity index (χ4n) is 3.66. The molecule has 35 heavy (non-hydrogen) atoms. The number of methoxy groups -OCH3 is 1. The Morgan fingerprint density at radius 2 is 2.06 bits per heavy atom. The highest BCUT2D eigenvalue weighted by Gasteiger charge is 2.23. The van der Waals surface area contributed by atoms with Gasteiger partial charge < -0.3 is 20.0 Å². The van der Waals surface area contributed by atoms with Gasteiger partial charge in [0, 0.05) is 11.8 Å². The Kier molecular flexibility index (Phi) is 9.27. The van der Waals surface area contributed by atoms with Crippen molar-refractivity contribution in [1.29, 1.82) is 5.41 Å². The van der Waals surface area contributed by atoms with Gasteiger partial charge >= 0.3 is 0 Å². The van der Waals surface area contributed by atoms with Gasteiger partial charge in [-0.2, -0.15) is 0 Å². The number of nitrogens with zero attached hydrogens (tertiary/aromatic N) is 2. The molecule has 8 nitrogen and oxygen atoms in total. The first-order valence-electron chi connectivity index (χ1n) is 11.2. The summed E-state index contributed by atoms with van der Waals surface area (Å²) in [6.07, 6.45) is 7.26. The molecule has 3 rings (SSSR count). The van der Waals surface area contributed by atoms with Gasteiger partial charge in [0.15, 0.2) is 0 Å². The topological polar surface area (TPSA) is 117 Å². The van der Waals surface area contributed by atoms with Crippen molar-refractivity contribution in [1.82, 2.24) is 10.2 Å². The summed E-state index contributed by atoms with van der Waals surface area (Å²) in [5.74, 6) is -0.568. The summed E-state index contributed by atoms with van der Waals surface area (Å²) in [5.41, 5.74) is 0.849. The zero-order valence-electron chi connectivity index (χ0n) is 19.7. The monoisotopic (exact) mass is 500 g/mol. The van der Waals surface area contributed by atoms with Crippen LogP contribution in [0.25, 0.3) is 5.57 Å². The Labute approximate surface area is 207 Å². The maximum Gasteiger partial charge on any atom is 0.295 e. The van der Waals surface area contributed by atoms with Crippen LogP contribution in [0.4, 0.5) is 9.52 Å². The van der Waals surface area contributed by atoms with Crippen molar-refractivity contribution in [2.24, 2.45) is 5.92 Å². The second kappa shape index (κ2) is 12.4. The molecule has 1 amide bonds. The van der Waals surface area contributed by atoms with E-state index >= 15 is 0 Å². The quantitative estimate of drug-likeness (QED) is 0.245. The Hall–Kier alpha value is -3.37. The van der Waals surface area contributed by atoms with Crippen molar-refractivity contribution in [2.75, 3.05) is 19.0 Å². The number of halogens is 1. The highest BCUT2D eigenvalue weighted by Crippen LogP contribution is 2.33. The Bertz CT molecular complexity index is 1140. The van der Waals surface area contributed by atoms with E-state index in [-0.39, 0.29) is 33.7 Å². The van der Waals surface area contributed by atoms with E-state index in [0.29, 0.717) is 23.3 Å². The van der Waals surface area contributed by atoms with Crippen LogP contribution in [0, 0.1) is 17.1 Å². The highest BCUT2D eigenvalue weighted by molar-refractivity contribution is 7.17. The third-order valence-electron chi connectivity index (χ3n) is 5.69. The van der Waals surface area contributed by atoms with Crippen LogP contribution < -0.4 is 14.8 Å². The third-order valence-corrected chi connectivity index (χ3v) is 6.44. The molecule has 10 heteroatoms. The summed E-state index contributed by atoms with van der Waals surface area (Å²) >= 11 is 1.08. The van der Waals surface area contributed by atoms with Gasteiger partial charge in [0.05, 0.1) is 25.4 Å². The van der Waals surface area contributed by atoms with Gasteiger partial charge in [-0.1, -0.05) is 23.8 Å². The van der Waals surface area contributed by atoms with E-state index in [1.165, 1.54) is 25.3 Å². The maximum absolute atomic E-state index is 14.7. The molecule has 1 aromatic carbocycles. The molecule has 1 fully saturated rings. The zero-order chi connectivity index (χ0) is 25.4. The van der Waals surface area contributed by atoms with Crippen LogP contribution in [-0.2, 0) is 4.79 Å². The van der Waals surface area contributed by atoms with E-state index in [0.717, 1.165) is 43.2 Å². The second-order valence-corrected chi connectivity index (χ2v) is 9.18. The molecule has 0 unspecified atom stereocenters. The van der Waals surface area contributed by atoms with Crippen LogP contribution in [0.5, 0.6) is 10.9 Å². The first-order valence-corrected chi connectivity index (χ1v) is 12.0. The number of nitrogens with one attached hydrogen (secondary N) is 2.